The molecule has 1 N–H and O–H groups in total. The maximum absolute atomic E-state index is 9.60. The molecule has 0 radical (unpaired) electrons. The van der Waals surface area contributed by atoms with Gasteiger partial charge in [0.1, 0.15) is 11.8 Å². The first-order chi connectivity index (χ1) is 12.6. The molecule has 0 amide bonds. The summed E-state index contributed by atoms with van der Waals surface area (Å²) in [4.78, 5) is 15.8. The second kappa shape index (κ2) is 7.41. The average molecular weight is 389 g/mol. The number of aromatic amines is 1. The number of H-pyrrole nitrogens is 1. The SMILES string of the molecule is CC(C)(C)OC=O.C[Si](C)(C)c1[nH]c2ccccc2c1CC1C2OCCN12. The minimum absolute atomic E-state index is 0.318. The number of nitrogens with one attached hydrogen (secondary N) is 1. The first kappa shape index (κ1) is 20.1. The van der Waals surface area contributed by atoms with Crippen molar-refractivity contribution in [2.45, 2.75) is 64.7 Å². The minimum atomic E-state index is -1.35. The number of carbonyl (C=O) groups excluding carboxylic acids is 1. The zero-order valence-corrected chi connectivity index (χ0v) is 18.3. The fraction of sp³-hybridized carbons (Fsp3) is 0.571. The van der Waals surface area contributed by atoms with Crippen molar-refractivity contribution in [2.24, 2.45) is 0 Å². The molecule has 0 bridgehead atoms. The van der Waals surface area contributed by atoms with Crippen LogP contribution in [0.5, 0.6) is 0 Å². The normalized spacial score (nSPS) is 24.1. The molecule has 5 nitrogen and oxygen atoms in total. The van der Waals surface area contributed by atoms with Gasteiger partial charge in [-0.2, -0.15) is 0 Å². The average Bonchev–Trinajstić information content (AvgIpc) is 2.92. The van der Waals surface area contributed by atoms with Gasteiger partial charge in [0.25, 0.3) is 6.47 Å². The summed E-state index contributed by atoms with van der Waals surface area (Å²) in [6.07, 6.45) is 1.53. The van der Waals surface area contributed by atoms with Crippen LogP contribution in [-0.4, -0.2) is 55.5 Å². The van der Waals surface area contributed by atoms with Crippen molar-refractivity contribution < 1.29 is 14.3 Å². The molecule has 2 aliphatic rings. The summed E-state index contributed by atoms with van der Waals surface area (Å²) < 4.78 is 10.3. The number of aromatic nitrogens is 1. The van der Waals surface area contributed by atoms with Crippen LogP contribution in [0.4, 0.5) is 0 Å². The number of hydrogen-bond donors (Lipinski definition) is 1. The summed E-state index contributed by atoms with van der Waals surface area (Å²) >= 11 is 0. The van der Waals surface area contributed by atoms with E-state index in [1.165, 1.54) is 16.2 Å². The monoisotopic (exact) mass is 388 g/mol. The van der Waals surface area contributed by atoms with E-state index in [9.17, 15) is 4.79 Å². The third-order valence-electron chi connectivity index (χ3n) is 5.01. The Morgan fingerprint density at radius 2 is 2.00 bits per heavy atom. The largest absolute Gasteiger partial charge is 0.462 e. The van der Waals surface area contributed by atoms with Crippen LogP contribution in [-0.2, 0) is 20.7 Å². The highest BCUT2D eigenvalue weighted by Crippen LogP contribution is 2.37. The lowest BCUT2D eigenvalue weighted by molar-refractivity contribution is -0.138. The van der Waals surface area contributed by atoms with Gasteiger partial charge in [-0.3, -0.25) is 9.69 Å². The number of nitrogens with zero attached hydrogens (tertiary/aromatic N) is 1. The van der Waals surface area contributed by atoms with Crippen molar-refractivity contribution in [1.82, 2.24) is 9.88 Å². The Labute approximate surface area is 163 Å². The summed E-state index contributed by atoms with van der Waals surface area (Å²) in [6, 6.07) is 9.34. The Hall–Kier alpha value is -1.63. The molecule has 148 valence electrons. The lowest BCUT2D eigenvalue weighted by atomic mass is 10.1. The Morgan fingerprint density at radius 3 is 2.52 bits per heavy atom. The van der Waals surface area contributed by atoms with Gasteiger partial charge in [0.05, 0.1) is 20.7 Å². The Kier molecular flexibility index (Phi) is 5.52. The zero-order chi connectivity index (χ0) is 19.8. The molecule has 0 saturated carbocycles. The first-order valence-electron chi connectivity index (χ1n) is 9.71. The van der Waals surface area contributed by atoms with E-state index in [1.54, 1.807) is 5.56 Å². The van der Waals surface area contributed by atoms with E-state index in [1.807, 2.05) is 20.8 Å². The first-order valence-corrected chi connectivity index (χ1v) is 13.2. The molecule has 3 atom stereocenters. The molecule has 3 unspecified atom stereocenters. The molecular formula is C21H32N2O3Si. The highest BCUT2D eigenvalue weighted by Gasteiger charge is 2.52. The predicted octanol–water partition coefficient (Wildman–Crippen LogP) is 3.25. The number of benzene rings is 1. The zero-order valence-electron chi connectivity index (χ0n) is 17.3. The van der Waals surface area contributed by atoms with E-state index in [0.717, 1.165) is 19.6 Å². The number of hydrogen-bond acceptors (Lipinski definition) is 4. The Balaban J connectivity index is 0.000000260. The lowest BCUT2D eigenvalue weighted by Crippen LogP contribution is -2.41. The summed E-state index contributed by atoms with van der Waals surface area (Å²) in [5.41, 5.74) is 2.52. The molecule has 1 aromatic heterocycles. The van der Waals surface area contributed by atoms with Gasteiger partial charge in [0.15, 0.2) is 0 Å². The molecule has 0 spiro atoms. The van der Waals surface area contributed by atoms with Gasteiger partial charge in [-0.25, -0.2) is 0 Å². The molecule has 2 saturated heterocycles. The minimum Gasteiger partial charge on any atom is -0.462 e. The Morgan fingerprint density at radius 1 is 1.30 bits per heavy atom. The maximum atomic E-state index is 9.60. The number of carbonyl (C=O) groups is 1. The van der Waals surface area contributed by atoms with Gasteiger partial charge in [-0.15, -0.1) is 0 Å². The van der Waals surface area contributed by atoms with Crippen LogP contribution in [0, 0.1) is 0 Å². The molecule has 2 fully saturated rings. The molecule has 2 aliphatic heterocycles. The van der Waals surface area contributed by atoms with Gasteiger partial charge >= 0.3 is 0 Å². The summed E-state index contributed by atoms with van der Waals surface area (Å²) in [5, 5.41) is 2.93. The third kappa shape index (κ3) is 4.62. The van der Waals surface area contributed by atoms with Crippen molar-refractivity contribution in [3.63, 3.8) is 0 Å². The fourth-order valence-corrected chi connectivity index (χ4v) is 5.36. The molecule has 1 aromatic carbocycles. The van der Waals surface area contributed by atoms with Gasteiger partial charge in [-0.1, -0.05) is 37.8 Å². The fourth-order valence-electron chi connectivity index (χ4n) is 3.71. The second-order valence-electron chi connectivity index (χ2n) is 9.37. The van der Waals surface area contributed by atoms with Crippen LogP contribution < -0.4 is 5.32 Å². The van der Waals surface area contributed by atoms with Crippen LogP contribution in [0.2, 0.25) is 19.6 Å². The standard InChI is InChI=1S/C16H22N2OSi.C5H10O2/c1-20(2,3)15-12(10-14-16-18(14)8-9-19-16)11-6-4-5-7-13(11)17-15;1-5(2,3)7-4-6/h4-7,14,16-17H,8-10H2,1-3H3;4H,1-3H3. The van der Waals surface area contributed by atoms with E-state index in [0.29, 0.717) is 18.7 Å². The predicted molar refractivity (Wildman–Crippen MR) is 112 cm³/mol. The van der Waals surface area contributed by atoms with Crippen LogP contribution in [0.25, 0.3) is 10.9 Å². The molecule has 27 heavy (non-hydrogen) atoms. The van der Waals surface area contributed by atoms with Crippen molar-refractivity contribution in [3.8, 4) is 0 Å². The Bertz CT molecular complexity index is 794. The molecule has 2 aromatic rings. The number of para-hydroxylation sites is 1. The van der Waals surface area contributed by atoms with Crippen LogP contribution >= 0.6 is 0 Å². The lowest BCUT2D eigenvalue weighted by Gasteiger charge is -2.17. The van der Waals surface area contributed by atoms with E-state index in [4.69, 9.17) is 4.74 Å². The van der Waals surface area contributed by atoms with Crippen molar-refractivity contribution in [3.05, 3.63) is 29.8 Å². The van der Waals surface area contributed by atoms with E-state index < -0.39 is 8.07 Å². The van der Waals surface area contributed by atoms with Crippen molar-refractivity contribution >= 4 is 30.8 Å². The van der Waals surface area contributed by atoms with Gasteiger partial charge in [0.2, 0.25) is 0 Å². The molecule has 0 aliphatic carbocycles. The summed E-state index contributed by atoms with van der Waals surface area (Å²) in [5.74, 6) is 0. The van der Waals surface area contributed by atoms with Gasteiger partial charge in [-0.05, 0) is 38.8 Å². The quantitative estimate of drug-likeness (QED) is 0.496. The van der Waals surface area contributed by atoms with Gasteiger partial charge < -0.3 is 14.5 Å². The van der Waals surface area contributed by atoms with Gasteiger partial charge in [0, 0.05) is 22.8 Å². The summed E-state index contributed by atoms with van der Waals surface area (Å²) in [6.45, 7) is 15.2. The number of rotatable bonds is 4. The molecule has 4 rings (SSSR count). The van der Waals surface area contributed by atoms with Crippen molar-refractivity contribution in [2.75, 3.05) is 13.2 Å². The topological polar surface area (TPSA) is 54.3 Å². The third-order valence-corrected chi connectivity index (χ3v) is 6.94. The number of fused-ring (bicyclic) bond motifs is 2. The highest BCUT2D eigenvalue weighted by atomic mass is 28.3. The number of morpholine rings is 1. The van der Waals surface area contributed by atoms with E-state index in [-0.39, 0.29) is 5.60 Å². The van der Waals surface area contributed by atoms with Crippen molar-refractivity contribution in [1.29, 1.82) is 0 Å². The molecule has 3 heterocycles. The maximum Gasteiger partial charge on any atom is 0.293 e. The number of ether oxygens (including phenoxy) is 2. The molecular weight excluding hydrogens is 356 g/mol. The van der Waals surface area contributed by atoms with E-state index >= 15 is 0 Å². The molecule has 6 heteroatoms. The van der Waals surface area contributed by atoms with Crippen LogP contribution in [0.15, 0.2) is 24.3 Å². The highest BCUT2D eigenvalue weighted by molar-refractivity contribution is 6.88. The second-order valence-corrected chi connectivity index (χ2v) is 14.4. The van der Waals surface area contributed by atoms with Crippen LogP contribution in [0.3, 0.4) is 0 Å². The van der Waals surface area contributed by atoms with Crippen LogP contribution in [0.1, 0.15) is 26.3 Å². The summed E-state index contributed by atoms with van der Waals surface area (Å²) in [7, 11) is -1.35. The van der Waals surface area contributed by atoms with E-state index in [2.05, 4.69) is 58.5 Å². The smallest absolute Gasteiger partial charge is 0.293 e.